The summed E-state index contributed by atoms with van der Waals surface area (Å²) < 4.78 is 1.84. The van der Waals surface area contributed by atoms with Gasteiger partial charge in [0.25, 0.3) is 5.56 Å². The predicted molar refractivity (Wildman–Crippen MR) is 70.3 cm³/mol. The van der Waals surface area contributed by atoms with Crippen molar-refractivity contribution in [2.24, 2.45) is 0 Å². The van der Waals surface area contributed by atoms with Crippen LogP contribution in [0.3, 0.4) is 0 Å². The largest absolute Gasteiger partial charge is 0.312 e. The van der Waals surface area contributed by atoms with Crippen molar-refractivity contribution in [2.75, 3.05) is 6.54 Å². The second-order valence-electron chi connectivity index (χ2n) is 4.95. The van der Waals surface area contributed by atoms with Gasteiger partial charge in [-0.25, -0.2) is 0 Å². The standard InChI is InChI=1S/C14H22N2O/c1-12-6-5-9-14(17)16(12)11-10-15-13-7-3-2-4-8-13/h5-6,9,13,15H,2-4,7-8,10-11H2,1H3. The van der Waals surface area contributed by atoms with E-state index < -0.39 is 0 Å². The third-order valence-corrected chi connectivity index (χ3v) is 3.64. The Kier molecular flexibility index (Phi) is 4.37. The van der Waals surface area contributed by atoms with Gasteiger partial charge < -0.3 is 9.88 Å². The first-order valence-electron chi connectivity index (χ1n) is 6.67. The number of aryl methyl sites for hydroxylation is 1. The molecule has 0 bridgehead atoms. The fourth-order valence-corrected chi connectivity index (χ4v) is 2.60. The third-order valence-electron chi connectivity index (χ3n) is 3.64. The van der Waals surface area contributed by atoms with Gasteiger partial charge in [-0.2, -0.15) is 0 Å². The van der Waals surface area contributed by atoms with E-state index in [-0.39, 0.29) is 5.56 Å². The Morgan fingerprint density at radius 2 is 2.06 bits per heavy atom. The smallest absolute Gasteiger partial charge is 0.250 e. The van der Waals surface area contributed by atoms with Gasteiger partial charge in [0.05, 0.1) is 0 Å². The lowest BCUT2D eigenvalue weighted by Gasteiger charge is -2.23. The molecule has 1 aromatic rings. The molecule has 0 unspecified atom stereocenters. The molecule has 3 nitrogen and oxygen atoms in total. The van der Waals surface area contributed by atoms with E-state index in [0.717, 1.165) is 18.8 Å². The Hall–Kier alpha value is -1.09. The highest BCUT2D eigenvalue weighted by Crippen LogP contribution is 2.16. The quantitative estimate of drug-likeness (QED) is 0.865. The fourth-order valence-electron chi connectivity index (χ4n) is 2.60. The van der Waals surface area contributed by atoms with Crippen LogP contribution in [0.1, 0.15) is 37.8 Å². The van der Waals surface area contributed by atoms with Crippen molar-refractivity contribution in [3.8, 4) is 0 Å². The van der Waals surface area contributed by atoms with E-state index in [4.69, 9.17) is 0 Å². The van der Waals surface area contributed by atoms with Gasteiger partial charge in [-0.05, 0) is 25.8 Å². The summed E-state index contributed by atoms with van der Waals surface area (Å²) in [6.07, 6.45) is 6.67. The number of hydrogen-bond acceptors (Lipinski definition) is 2. The maximum absolute atomic E-state index is 11.7. The molecule has 0 aromatic carbocycles. The number of rotatable bonds is 4. The van der Waals surface area contributed by atoms with Gasteiger partial charge >= 0.3 is 0 Å². The molecule has 1 aliphatic rings. The average Bonchev–Trinajstić information content (AvgIpc) is 2.34. The van der Waals surface area contributed by atoms with Crippen molar-refractivity contribution in [3.05, 3.63) is 34.2 Å². The van der Waals surface area contributed by atoms with Crippen molar-refractivity contribution in [3.63, 3.8) is 0 Å². The highest BCUT2D eigenvalue weighted by atomic mass is 16.1. The summed E-state index contributed by atoms with van der Waals surface area (Å²) in [4.78, 5) is 11.7. The minimum Gasteiger partial charge on any atom is -0.312 e. The normalized spacial score (nSPS) is 17.2. The SMILES string of the molecule is Cc1cccc(=O)n1CCNC1CCCCC1. The van der Waals surface area contributed by atoms with E-state index in [1.807, 2.05) is 23.6 Å². The first-order valence-corrected chi connectivity index (χ1v) is 6.67. The molecule has 0 saturated heterocycles. The van der Waals surface area contributed by atoms with Crippen LogP contribution in [0.15, 0.2) is 23.0 Å². The molecule has 1 saturated carbocycles. The summed E-state index contributed by atoms with van der Waals surface area (Å²) in [6, 6.07) is 6.11. The minimum atomic E-state index is 0.107. The molecule has 0 atom stereocenters. The molecule has 94 valence electrons. The van der Waals surface area contributed by atoms with Gasteiger partial charge in [0.1, 0.15) is 0 Å². The van der Waals surface area contributed by atoms with Crippen LogP contribution in [0.25, 0.3) is 0 Å². The second-order valence-corrected chi connectivity index (χ2v) is 4.95. The number of nitrogens with one attached hydrogen (secondary N) is 1. The monoisotopic (exact) mass is 234 g/mol. The summed E-state index contributed by atoms with van der Waals surface area (Å²) in [5, 5.41) is 3.56. The summed E-state index contributed by atoms with van der Waals surface area (Å²) in [6.45, 7) is 3.67. The highest BCUT2D eigenvalue weighted by molar-refractivity contribution is 5.04. The van der Waals surface area contributed by atoms with Gasteiger partial charge in [-0.1, -0.05) is 25.3 Å². The van der Waals surface area contributed by atoms with E-state index in [9.17, 15) is 4.79 Å². The lowest BCUT2D eigenvalue weighted by atomic mass is 9.95. The van der Waals surface area contributed by atoms with E-state index in [0.29, 0.717) is 6.04 Å². The second kappa shape index (κ2) is 6.01. The Balaban J connectivity index is 1.83. The zero-order valence-corrected chi connectivity index (χ0v) is 10.6. The lowest BCUT2D eigenvalue weighted by Crippen LogP contribution is -2.35. The van der Waals surface area contributed by atoms with Gasteiger partial charge in [-0.3, -0.25) is 4.79 Å². The lowest BCUT2D eigenvalue weighted by molar-refractivity contribution is 0.366. The Labute approximate surface area is 103 Å². The van der Waals surface area contributed by atoms with Crippen LogP contribution in [0.2, 0.25) is 0 Å². The fraction of sp³-hybridized carbons (Fsp3) is 0.643. The number of nitrogens with zero attached hydrogens (tertiary/aromatic N) is 1. The van der Waals surface area contributed by atoms with Crippen LogP contribution < -0.4 is 10.9 Å². The van der Waals surface area contributed by atoms with Gasteiger partial charge in [0.2, 0.25) is 0 Å². The van der Waals surface area contributed by atoms with Crippen molar-refractivity contribution in [1.82, 2.24) is 9.88 Å². The van der Waals surface area contributed by atoms with Crippen LogP contribution >= 0.6 is 0 Å². The topological polar surface area (TPSA) is 34.0 Å². The highest BCUT2D eigenvalue weighted by Gasteiger charge is 2.12. The summed E-state index contributed by atoms with van der Waals surface area (Å²) in [5.74, 6) is 0. The molecule has 1 aromatic heterocycles. The summed E-state index contributed by atoms with van der Waals surface area (Å²) in [7, 11) is 0. The molecule has 1 aliphatic carbocycles. The predicted octanol–water partition coefficient (Wildman–Crippen LogP) is 2.08. The molecular formula is C14H22N2O. The van der Waals surface area contributed by atoms with Crippen LogP contribution in [0, 0.1) is 6.92 Å². The maximum atomic E-state index is 11.7. The number of aromatic nitrogens is 1. The van der Waals surface area contributed by atoms with E-state index >= 15 is 0 Å². The van der Waals surface area contributed by atoms with Crippen molar-refractivity contribution in [2.45, 2.75) is 51.6 Å². The zero-order valence-electron chi connectivity index (χ0n) is 10.6. The minimum absolute atomic E-state index is 0.107. The van der Waals surface area contributed by atoms with Crippen LogP contribution in [-0.2, 0) is 6.54 Å². The van der Waals surface area contributed by atoms with Crippen LogP contribution in [0.5, 0.6) is 0 Å². The number of pyridine rings is 1. The van der Waals surface area contributed by atoms with Gasteiger partial charge in [-0.15, -0.1) is 0 Å². The third kappa shape index (κ3) is 3.43. The Morgan fingerprint density at radius 3 is 2.76 bits per heavy atom. The molecule has 0 amide bonds. The van der Waals surface area contributed by atoms with E-state index in [2.05, 4.69) is 5.32 Å². The molecular weight excluding hydrogens is 212 g/mol. The van der Waals surface area contributed by atoms with E-state index in [1.165, 1.54) is 32.1 Å². The molecule has 2 rings (SSSR count). The van der Waals surface area contributed by atoms with Crippen molar-refractivity contribution >= 4 is 0 Å². The van der Waals surface area contributed by atoms with Gasteiger partial charge in [0, 0.05) is 30.9 Å². The maximum Gasteiger partial charge on any atom is 0.250 e. The molecule has 1 N–H and O–H groups in total. The molecule has 0 aliphatic heterocycles. The Morgan fingerprint density at radius 1 is 1.29 bits per heavy atom. The average molecular weight is 234 g/mol. The summed E-state index contributed by atoms with van der Waals surface area (Å²) in [5.41, 5.74) is 1.15. The Bertz CT molecular complexity index is 405. The molecule has 3 heteroatoms. The van der Waals surface area contributed by atoms with Crippen LogP contribution in [-0.4, -0.2) is 17.2 Å². The first kappa shape index (κ1) is 12.4. The van der Waals surface area contributed by atoms with Crippen molar-refractivity contribution < 1.29 is 0 Å². The van der Waals surface area contributed by atoms with Crippen LogP contribution in [0.4, 0.5) is 0 Å². The zero-order chi connectivity index (χ0) is 12.1. The van der Waals surface area contributed by atoms with Crippen molar-refractivity contribution in [1.29, 1.82) is 0 Å². The molecule has 17 heavy (non-hydrogen) atoms. The number of hydrogen-bond donors (Lipinski definition) is 1. The molecule has 0 radical (unpaired) electrons. The first-order chi connectivity index (χ1) is 8.27. The molecule has 1 heterocycles. The molecule has 0 spiro atoms. The van der Waals surface area contributed by atoms with Gasteiger partial charge in [0.15, 0.2) is 0 Å². The summed E-state index contributed by atoms with van der Waals surface area (Å²) >= 11 is 0. The van der Waals surface area contributed by atoms with E-state index in [1.54, 1.807) is 6.07 Å². The molecule has 1 fully saturated rings.